The molecule has 3 heterocycles. The smallest absolute Gasteiger partial charge is 0.247 e. The number of aliphatic hydroxyl groups is 1. The minimum Gasteiger partial charge on any atom is -0.396 e. The molecule has 7 nitrogen and oxygen atoms in total. The van der Waals surface area contributed by atoms with Gasteiger partial charge in [0, 0.05) is 44.1 Å². The maximum atomic E-state index is 14.7. The molecule has 1 spiro atoms. The van der Waals surface area contributed by atoms with Gasteiger partial charge in [-0.3, -0.25) is 14.4 Å². The van der Waals surface area contributed by atoms with Crippen molar-refractivity contribution in [2.75, 3.05) is 26.2 Å². The third-order valence-electron chi connectivity index (χ3n) is 10.1. The maximum Gasteiger partial charge on any atom is 0.247 e. The molecule has 4 aliphatic rings. The van der Waals surface area contributed by atoms with Crippen LogP contribution in [0.5, 0.6) is 0 Å². The molecule has 5 atom stereocenters. The Balaban J connectivity index is 1.46. The Morgan fingerprint density at radius 1 is 0.977 bits per heavy atom. The van der Waals surface area contributed by atoms with Gasteiger partial charge in [0.1, 0.15) is 6.04 Å². The number of aliphatic hydroxyl groups excluding tert-OH is 1. The zero-order chi connectivity index (χ0) is 30.4. The van der Waals surface area contributed by atoms with Crippen LogP contribution >= 0.6 is 11.8 Å². The summed E-state index contributed by atoms with van der Waals surface area (Å²) in [7, 11) is 0. The van der Waals surface area contributed by atoms with E-state index >= 15 is 0 Å². The van der Waals surface area contributed by atoms with Crippen molar-refractivity contribution in [3.05, 3.63) is 61.2 Å². The lowest BCUT2D eigenvalue weighted by molar-refractivity contribution is -0.145. The van der Waals surface area contributed by atoms with Crippen molar-refractivity contribution in [3.8, 4) is 0 Å². The number of hydrogen-bond donors (Lipinski definition) is 1. The topological polar surface area (TPSA) is 81.2 Å². The summed E-state index contributed by atoms with van der Waals surface area (Å²) >= 11 is 1.76. The molecule has 1 aliphatic carbocycles. The van der Waals surface area contributed by atoms with Gasteiger partial charge < -0.3 is 19.8 Å². The van der Waals surface area contributed by atoms with E-state index < -0.39 is 22.6 Å². The van der Waals surface area contributed by atoms with Crippen LogP contribution in [-0.4, -0.2) is 85.8 Å². The van der Waals surface area contributed by atoms with Gasteiger partial charge in [-0.25, -0.2) is 0 Å². The summed E-state index contributed by atoms with van der Waals surface area (Å²) in [5, 5.41) is 9.27. The number of carbonyl (C=O) groups excluding carboxylic acids is 3. The van der Waals surface area contributed by atoms with Crippen LogP contribution in [-0.2, 0) is 20.9 Å². The quantitative estimate of drug-likeness (QED) is 0.219. The number of rotatable bonds is 15. The number of amides is 3. The highest BCUT2D eigenvalue weighted by Gasteiger charge is 2.74. The highest BCUT2D eigenvalue weighted by Crippen LogP contribution is 2.66. The van der Waals surface area contributed by atoms with E-state index in [9.17, 15) is 19.5 Å². The second-order valence-corrected chi connectivity index (χ2v) is 14.4. The van der Waals surface area contributed by atoms with Crippen LogP contribution < -0.4 is 0 Å². The van der Waals surface area contributed by atoms with Gasteiger partial charge in [-0.15, -0.1) is 24.9 Å². The molecule has 1 aromatic rings. The monoisotopic (exact) mass is 607 g/mol. The molecule has 3 amide bonds. The SMILES string of the molecule is C=CCN(Cc1ccccc1)C(=O)[C@@H]1[C@@H]2CCC3(S2)C(C(=O)N(CC=C)C2CCCCC2)N(CCCCCCO)C(=O)[C@H]13. The van der Waals surface area contributed by atoms with E-state index in [4.69, 9.17) is 0 Å². The molecule has 1 saturated carbocycles. The van der Waals surface area contributed by atoms with Gasteiger partial charge in [-0.2, -0.15) is 0 Å². The average Bonchev–Trinajstić information content (AvgIpc) is 3.67. The van der Waals surface area contributed by atoms with Gasteiger partial charge in [0.2, 0.25) is 17.7 Å². The van der Waals surface area contributed by atoms with Crippen LogP contribution in [0.1, 0.15) is 76.2 Å². The number of benzene rings is 1. The summed E-state index contributed by atoms with van der Waals surface area (Å²) < 4.78 is -0.578. The first kappa shape index (κ1) is 31.8. The predicted octanol–water partition coefficient (Wildman–Crippen LogP) is 5.19. The molecule has 8 heteroatoms. The van der Waals surface area contributed by atoms with Crippen molar-refractivity contribution in [2.24, 2.45) is 11.8 Å². The van der Waals surface area contributed by atoms with Crippen molar-refractivity contribution >= 4 is 29.5 Å². The lowest BCUT2D eigenvalue weighted by Crippen LogP contribution is -2.57. The lowest BCUT2D eigenvalue weighted by atomic mass is 9.70. The second kappa shape index (κ2) is 14.5. The molecule has 234 valence electrons. The molecule has 3 saturated heterocycles. The fraction of sp³-hybridized carbons (Fsp3) is 0.629. The van der Waals surface area contributed by atoms with Gasteiger partial charge >= 0.3 is 0 Å². The lowest BCUT2D eigenvalue weighted by Gasteiger charge is -2.41. The number of nitrogens with zero attached hydrogens (tertiary/aromatic N) is 3. The molecule has 1 aromatic carbocycles. The van der Waals surface area contributed by atoms with Crippen LogP contribution in [0, 0.1) is 11.8 Å². The van der Waals surface area contributed by atoms with Gasteiger partial charge in [0.05, 0.1) is 16.6 Å². The summed E-state index contributed by atoms with van der Waals surface area (Å²) in [6, 6.07) is 9.58. The Kier molecular flexibility index (Phi) is 10.7. The van der Waals surface area contributed by atoms with E-state index in [-0.39, 0.29) is 35.6 Å². The standard InChI is InChI=1S/C35H49N3O4S/c1-3-21-36(25-26-15-9-7-10-16-26)32(40)29-28-19-20-35(43-28)30(29)33(41)38(23-13-5-6-14-24-39)31(35)34(42)37(22-4-2)27-17-11-8-12-18-27/h3-4,7,9-10,15-16,27-31,39H,1-2,5-6,8,11-14,17-25H2/t28-,29+,30-,31?,35?/m0/s1. The van der Waals surface area contributed by atoms with Gasteiger partial charge in [-0.05, 0) is 44.1 Å². The first-order valence-electron chi connectivity index (χ1n) is 16.4. The van der Waals surface area contributed by atoms with E-state index in [0.717, 1.165) is 69.8 Å². The van der Waals surface area contributed by atoms with Crippen LogP contribution in [0.4, 0.5) is 0 Å². The molecular weight excluding hydrogens is 558 g/mol. The van der Waals surface area contributed by atoms with Crippen molar-refractivity contribution in [1.29, 1.82) is 0 Å². The molecule has 2 bridgehead atoms. The Bertz CT molecular complexity index is 1160. The third-order valence-corrected chi connectivity index (χ3v) is 12.1. The largest absolute Gasteiger partial charge is 0.396 e. The van der Waals surface area contributed by atoms with Crippen molar-refractivity contribution in [3.63, 3.8) is 0 Å². The van der Waals surface area contributed by atoms with Crippen LogP contribution in [0.2, 0.25) is 0 Å². The summed E-state index contributed by atoms with van der Waals surface area (Å²) in [5.74, 6) is -0.893. The summed E-state index contributed by atoms with van der Waals surface area (Å²) in [4.78, 5) is 49.3. The number of hydrogen-bond acceptors (Lipinski definition) is 5. The average molecular weight is 608 g/mol. The fourth-order valence-electron chi connectivity index (χ4n) is 8.21. The molecule has 43 heavy (non-hydrogen) atoms. The zero-order valence-corrected chi connectivity index (χ0v) is 26.4. The Morgan fingerprint density at radius 2 is 1.70 bits per heavy atom. The van der Waals surface area contributed by atoms with Crippen LogP contribution in [0.3, 0.4) is 0 Å². The highest BCUT2D eigenvalue weighted by molar-refractivity contribution is 8.02. The summed E-state index contributed by atoms with van der Waals surface area (Å²) in [6.45, 7) is 9.94. The Labute approximate surface area is 261 Å². The van der Waals surface area contributed by atoms with Crippen LogP contribution in [0.25, 0.3) is 0 Å². The second-order valence-electron chi connectivity index (χ2n) is 12.8. The molecular formula is C35H49N3O4S. The third kappa shape index (κ3) is 6.32. The molecule has 0 aromatic heterocycles. The number of fused-ring (bicyclic) bond motifs is 1. The number of likely N-dealkylation sites (tertiary alicyclic amines) is 1. The Morgan fingerprint density at radius 3 is 2.40 bits per heavy atom. The fourth-order valence-corrected chi connectivity index (χ4v) is 10.4. The van der Waals surface area contributed by atoms with Gasteiger partial charge in [-0.1, -0.05) is 74.6 Å². The van der Waals surface area contributed by atoms with E-state index in [1.54, 1.807) is 17.8 Å². The Hall–Kier alpha value is -2.58. The molecule has 4 fully saturated rings. The van der Waals surface area contributed by atoms with Crippen LogP contribution in [0.15, 0.2) is 55.6 Å². The molecule has 0 radical (unpaired) electrons. The maximum absolute atomic E-state index is 14.7. The van der Waals surface area contributed by atoms with E-state index in [1.807, 2.05) is 51.1 Å². The first-order chi connectivity index (χ1) is 21.0. The van der Waals surface area contributed by atoms with Crippen molar-refractivity contribution < 1.29 is 19.5 Å². The minimum atomic E-state index is -0.578. The van der Waals surface area contributed by atoms with E-state index in [0.29, 0.717) is 26.2 Å². The summed E-state index contributed by atoms with van der Waals surface area (Å²) in [5.41, 5.74) is 1.05. The number of thioether (sulfide) groups is 1. The first-order valence-corrected chi connectivity index (χ1v) is 17.3. The number of carbonyl (C=O) groups is 3. The van der Waals surface area contributed by atoms with Gasteiger partial charge in [0.25, 0.3) is 0 Å². The molecule has 1 N–H and O–H groups in total. The van der Waals surface area contributed by atoms with E-state index in [2.05, 4.69) is 13.2 Å². The molecule has 3 aliphatic heterocycles. The minimum absolute atomic E-state index is 0.00685. The van der Waals surface area contributed by atoms with Gasteiger partial charge in [0.15, 0.2) is 0 Å². The normalized spacial score (nSPS) is 28.1. The highest BCUT2D eigenvalue weighted by atomic mass is 32.2. The molecule has 5 rings (SSSR count). The van der Waals surface area contributed by atoms with Crippen molar-refractivity contribution in [1.82, 2.24) is 14.7 Å². The zero-order valence-electron chi connectivity index (χ0n) is 25.6. The summed E-state index contributed by atoms with van der Waals surface area (Å²) in [6.07, 6.45) is 13.9. The van der Waals surface area contributed by atoms with E-state index in [1.165, 1.54) is 6.42 Å². The predicted molar refractivity (Wildman–Crippen MR) is 172 cm³/mol. The number of unbranched alkanes of at least 4 members (excludes halogenated alkanes) is 3. The molecule has 2 unspecified atom stereocenters. The van der Waals surface area contributed by atoms with Crippen molar-refractivity contribution in [2.45, 2.75) is 99.3 Å².